The van der Waals surface area contributed by atoms with Crippen molar-refractivity contribution >= 4 is 11.3 Å². The summed E-state index contributed by atoms with van der Waals surface area (Å²) in [5.74, 6) is 0.584. The zero-order chi connectivity index (χ0) is 13.4. The number of hydrogen-bond acceptors (Lipinski definition) is 3. The van der Waals surface area contributed by atoms with Crippen molar-refractivity contribution in [2.75, 3.05) is 6.54 Å². The van der Waals surface area contributed by atoms with Gasteiger partial charge in [0.2, 0.25) is 0 Å². The zero-order valence-corrected chi connectivity index (χ0v) is 13.1. The lowest BCUT2D eigenvalue weighted by Gasteiger charge is -2.44. The molecule has 2 nitrogen and oxygen atoms in total. The van der Waals surface area contributed by atoms with E-state index >= 15 is 0 Å². The van der Waals surface area contributed by atoms with Gasteiger partial charge in [0.05, 0.1) is 0 Å². The predicted molar refractivity (Wildman–Crippen MR) is 80.1 cm³/mol. The molecule has 0 spiro atoms. The Bertz CT molecular complexity index is 413. The van der Waals surface area contributed by atoms with Crippen molar-refractivity contribution < 1.29 is 0 Å². The summed E-state index contributed by atoms with van der Waals surface area (Å²) in [5, 5.41) is 0. The molecule has 0 saturated carbocycles. The van der Waals surface area contributed by atoms with Gasteiger partial charge in [-0.05, 0) is 51.7 Å². The molecule has 3 heteroatoms. The minimum atomic E-state index is 0.369. The lowest BCUT2D eigenvalue weighted by molar-refractivity contribution is 0.0626. The summed E-state index contributed by atoms with van der Waals surface area (Å²) in [6.45, 7) is 12.5. The van der Waals surface area contributed by atoms with Crippen LogP contribution >= 0.6 is 11.3 Å². The summed E-state index contributed by atoms with van der Waals surface area (Å²) >= 11 is 1.91. The Morgan fingerprint density at radius 1 is 1.39 bits per heavy atom. The van der Waals surface area contributed by atoms with Crippen LogP contribution in [0.3, 0.4) is 0 Å². The van der Waals surface area contributed by atoms with Gasteiger partial charge in [-0.15, -0.1) is 11.3 Å². The van der Waals surface area contributed by atoms with E-state index in [1.54, 1.807) is 0 Å². The van der Waals surface area contributed by atoms with E-state index in [4.69, 9.17) is 5.73 Å². The fourth-order valence-electron chi connectivity index (χ4n) is 3.21. The molecule has 18 heavy (non-hydrogen) atoms. The number of nitrogens with zero attached hydrogens (tertiary/aromatic N) is 1. The van der Waals surface area contributed by atoms with Gasteiger partial charge < -0.3 is 5.73 Å². The van der Waals surface area contributed by atoms with Crippen LogP contribution in [0.2, 0.25) is 0 Å². The zero-order valence-electron chi connectivity index (χ0n) is 12.2. The van der Waals surface area contributed by atoms with Gasteiger partial charge in [0, 0.05) is 34.4 Å². The number of hydrogen-bond donors (Lipinski definition) is 1. The Morgan fingerprint density at radius 2 is 2.06 bits per heavy atom. The van der Waals surface area contributed by atoms with Crippen molar-refractivity contribution in [1.29, 1.82) is 0 Å². The first-order valence-corrected chi connectivity index (χ1v) is 7.81. The van der Waals surface area contributed by atoms with Crippen LogP contribution in [0.5, 0.6) is 0 Å². The third-order valence-electron chi connectivity index (χ3n) is 4.71. The first-order chi connectivity index (χ1) is 8.41. The number of thiophene rings is 1. The van der Waals surface area contributed by atoms with Crippen LogP contribution in [0.4, 0.5) is 0 Å². The minimum Gasteiger partial charge on any atom is -0.327 e. The number of likely N-dealkylation sites (tertiary alicyclic amines) is 1. The monoisotopic (exact) mass is 266 g/mol. The molecule has 0 amide bonds. The van der Waals surface area contributed by atoms with Crippen molar-refractivity contribution in [2.24, 2.45) is 11.7 Å². The van der Waals surface area contributed by atoms with Gasteiger partial charge in [0.25, 0.3) is 0 Å². The molecule has 2 heterocycles. The molecule has 1 aromatic heterocycles. The van der Waals surface area contributed by atoms with Gasteiger partial charge in [-0.25, -0.2) is 0 Å². The number of nitrogens with two attached hydrogens (primary N) is 1. The molecule has 1 aliphatic rings. The molecule has 0 aromatic carbocycles. The van der Waals surface area contributed by atoms with Crippen molar-refractivity contribution in [2.45, 2.75) is 59.2 Å². The second-order valence-electron chi connectivity index (χ2n) is 5.83. The molecule has 1 aliphatic heterocycles. The van der Waals surface area contributed by atoms with Crippen molar-refractivity contribution in [1.82, 2.24) is 4.90 Å². The molecule has 4 atom stereocenters. The summed E-state index contributed by atoms with van der Waals surface area (Å²) < 4.78 is 0. The maximum Gasteiger partial charge on any atom is 0.0333 e. The van der Waals surface area contributed by atoms with Crippen LogP contribution in [0.1, 0.15) is 48.6 Å². The topological polar surface area (TPSA) is 29.3 Å². The van der Waals surface area contributed by atoms with Gasteiger partial charge in [-0.2, -0.15) is 0 Å². The van der Waals surface area contributed by atoms with Crippen LogP contribution in [0.25, 0.3) is 0 Å². The average Bonchev–Trinajstić information content (AvgIpc) is 2.65. The molecule has 2 N–H and O–H groups in total. The minimum absolute atomic E-state index is 0.369. The third kappa shape index (κ3) is 2.49. The van der Waals surface area contributed by atoms with Gasteiger partial charge in [0.1, 0.15) is 0 Å². The Labute approximate surface area is 115 Å². The number of aryl methyl sites for hydroxylation is 2. The molecule has 2 rings (SSSR count). The van der Waals surface area contributed by atoms with Crippen LogP contribution in [0, 0.1) is 19.8 Å². The van der Waals surface area contributed by atoms with E-state index in [0.29, 0.717) is 24.0 Å². The van der Waals surface area contributed by atoms with Crippen LogP contribution < -0.4 is 5.73 Å². The largest absolute Gasteiger partial charge is 0.327 e. The molecule has 0 bridgehead atoms. The molecule has 1 aromatic rings. The van der Waals surface area contributed by atoms with E-state index in [9.17, 15) is 0 Å². The SMILES string of the molecule is Cc1cc(C(C)N2CCC(N)C(C)C2C)c(C)s1. The van der Waals surface area contributed by atoms with Gasteiger partial charge in [-0.3, -0.25) is 4.90 Å². The highest BCUT2D eigenvalue weighted by Crippen LogP contribution is 2.34. The Hall–Kier alpha value is -0.380. The molecule has 1 fully saturated rings. The highest BCUT2D eigenvalue weighted by molar-refractivity contribution is 7.12. The van der Waals surface area contributed by atoms with Gasteiger partial charge in [-0.1, -0.05) is 6.92 Å². The summed E-state index contributed by atoms with van der Waals surface area (Å²) in [4.78, 5) is 5.51. The first kappa shape index (κ1) is 14.0. The second-order valence-corrected chi connectivity index (χ2v) is 7.30. The molecular formula is C15H26N2S. The normalized spacial score (nSPS) is 31.6. The summed E-state index contributed by atoms with van der Waals surface area (Å²) in [6.07, 6.45) is 1.12. The van der Waals surface area contributed by atoms with Crippen molar-refractivity contribution in [3.63, 3.8) is 0 Å². The first-order valence-electron chi connectivity index (χ1n) is 7.00. The molecule has 4 unspecified atom stereocenters. The molecule has 102 valence electrons. The fraction of sp³-hybridized carbons (Fsp3) is 0.733. The van der Waals surface area contributed by atoms with Crippen LogP contribution in [0.15, 0.2) is 6.07 Å². The summed E-state index contributed by atoms with van der Waals surface area (Å²) in [5.41, 5.74) is 7.69. The fourth-order valence-corrected chi connectivity index (χ4v) is 4.23. The number of piperidine rings is 1. The van der Waals surface area contributed by atoms with Crippen LogP contribution in [-0.2, 0) is 0 Å². The lowest BCUT2D eigenvalue weighted by Crippen LogP contribution is -2.52. The quantitative estimate of drug-likeness (QED) is 0.888. The lowest BCUT2D eigenvalue weighted by atomic mass is 9.86. The van der Waals surface area contributed by atoms with Gasteiger partial charge >= 0.3 is 0 Å². The standard InChI is InChI=1S/C15H26N2S/c1-9-8-14(13(5)18-9)12(4)17-7-6-15(16)10(2)11(17)3/h8,10-12,15H,6-7,16H2,1-5H3. The Kier molecular flexibility index (Phi) is 4.15. The molecule has 0 aliphatic carbocycles. The molecule has 0 radical (unpaired) electrons. The average molecular weight is 266 g/mol. The maximum absolute atomic E-state index is 6.18. The highest BCUT2D eigenvalue weighted by Gasteiger charge is 2.33. The predicted octanol–water partition coefficient (Wildman–Crippen LogP) is 3.48. The second kappa shape index (κ2) is 5.32. The Balaban J connectivity index is 2.18. The van der Waals surface area contributed by atoms with Crippen molar-refractivity contribution in [3.8, 4) is 0 Å². The molecule has 1 saturated heterocycles. The highest BCUT2D eigenvalue weighted by atomic mass is 32.1. The summed E-state index contributed by atoms with van der Waals surface area (Å²) in [7, 11) is 0. The van der Waals surface area contributed by atoms with E-state index in [-0.39, 0.29) is 0 Å². The van der Waals surface area contributed by atoms with E-state index in [2.05, 4.69) is 45.6 Å². The van der Waals surface area contributed by atoms with Crippen molar-refractivity contribution in [3.05, 3.63) is 21.4 Å². The Morgan fingerprint density at radius 3 is 2.61 bits per heavy atom. The maximum atomic E-state index is 6.18. The molecular weight excluding hydrogens is 240 g/mol. The number of rotatable bonds is 2. The summed E-state index contributed by atoms with van der Waals surface area (Å²) in [6, 6.07) is 3.81. The van der Waals surface area contributed by atoms with Crippen LogP contribution in [-0.4, -0.2) is 23.5 Å². The van der Waals surface area contributed by atoms with E-state index in [0.717, 1.165) is 13.0 Å². The smallest absolute Gasteiger partial charge is 0.0333 e. The van der Waals surface area contributed by atoms with Gasteiger partial charge in [0.15, 0.2) is 0 Å². The van der Waals surface area contributed by atoms with E-state index < -0.39 is 0 Å². The van der Waals surface area contributed by atoms with E-state index in [1.165, 1.54) is 15.3 Å². The third-order valence-corrected chi connectivity index (χ3v) is 5.69. The van der Waals surface area contributed by atoms with E-state index in [1.807, 2.05) is 11.3 Å².